The first-order chi connectivity index (χ1) is 16.0. The van der Waals surface area contributed by atoms with Crippen LogP contribution in [0, 0.1) is 5.82 Å². The minimum absolute atomic E-state index is 0. The Balaban J connectivity index is 0.00000324. The molecule has 0 atom stereocenters. The zero-order chi connectivity index (χ0) is 23.4. The minimum atomic E-state index is -0.298. The Bertz CT molecular complexity index is 1120. The van der Waals surface area contributed by atoms with Crippen molar-refractivity contribution in [2.24, 2.45) is 7.05 Å². The van der Waals surface area contributed by atoms with Gasteiger partial charge in [-0.2, -0.15) is 0 Å². The van der Waals surface area contributed by atoms with Crippen LogP contribution in [0.25, 0.3) is 11.4 Å². The summed E-state index contributed by atoms with van der Waals surface area (Å²) in [7, 11) is 5.26. The standard InChI is InChI=1S/C23H27FN6O3.ClH/c1-28(18-7-4-16(24)5-8-18)23-27-26-22(29(23)2)19-9-6-17(14-20(19)32-3)25-21(31)15-30-10-12-33-13-11-30;/h4-9,14H,10-13,15H2,1-3H3,(H,25,31);1H. The number of hydrogen-bond donors (Lipinski definition) is 1. The molecule has 1 saturated heterocycles. The highest BCUT2D eigenvalue weighted by atomic mass is 35.5. The van der Waals surface area contributed by atoms with Gasteiger partial charge in [0.05, 0.1) is 32.4 Å². The molecule has 0 bridgehead atoms. The van der Waals surface area contributed by atoms with E-state index in [1.165, 1.54) is 12.1 Å². The fraction of sp³-hybridized carbons (Fsp3) is 0.348. The van der Waals surface area contributed by atoms with Crippen LogP contribution in [0.4, 0.5) is 21.7 Å². The van der Waals surface area contributed by atoms with Crippen LogP contribution in [0.3, 0.4) is 0 Å². The summed E-state index contributed by atoms with van der Waals surface area (Å²) < 4.78 is 26.0. The normalized spacial score (nSPS) is 13.8. The summed E-state index contributed by atoms with van der Waals surface area (Å²) in [6, 6.07) is 11.6. The van der Waals surface area contributed by atoms with Gasteiger partial charge in [0, 0.05) is 44.6 Å². The monoisotopic (exact) mass is 490 g/mol. The maximum Gasteiger partial charge on any atom is 0.238 e. The summed E-state index contributed by atoms with van der Waals surface area (Å²) in [5.41, 5.74) is 2.15. The molecule has 0 radical (unpaired) electrons. The van der Waals surface area contributed by atoms with E-state index in [4.69, 9.17) is 9.47 Å². The molecule has 0 unspecified atom stereocenters. The Kier molecular flexibility index (Phi) is 8.43. The third kappa shape index (κ3) is 5.64. The van der Waals surface area contributed by atoms with Crippen molar-refractivity contribution >= 4 is 35.6 Å². The van der Waals surface area contributed by atoms with Gasteiger partial charge in [-0.15, -0.1) is 22.6 Å². The number of aromatic nitrogens is 3. The summed E-state index contributed by atoms with van der Waals surface area (Å²) in [6.07, 6.45) is 0. The Morgan fingerprint density at radius 2 is 1.88 bits per heavy atom. The average Bonchev–Trinajstić information content (AvgIpc) is 3.20. The predicted molar refractivity (Wildman–Crippen MR) is 131 cm³/mol. The van der Waals surface area contributed by atoms with Crippen LogP contribution in [0.1, 0.15) is 0 Å². The predicted octanol–water partition coefficient (Wildman–Crippen LogP) is 3.09. The van der Waals surface area contributed by atoms with E-state index in [1.54, 1.807) is 25.3 Å². The zero-order valence-corrected chi connectivity index (χ0v) is 20.1. The van der Waals surface area contributed by atoms with Crippen LogP contribution in [-0.2, 0) is 16.6 Å². The second-order valence-electron chi connectivity index (χ2n) is 7.77. The topological polar surface area (TPSA) is 84.8 Å². The third-order valence-electron chi connectivity index (χ3n) is 5.56. The molecule has 11 heteroatoms. The van der Waals surface area contributed by atoms with Gasteiger partial charge in [-0.1, -0.05) is 0 Å². The molecule has 182 valence electrons. The quantitative estimate of drug-likeness (QED) is 0.544. The van der Waals surface area contributed by atoms with Gasteiger partial charge in [-0.05, 0) is 36.4 Å². The first-order valence-corrected chi connectivity index (χ1v) is 10.6. The molecule has 9 nitrogen and oxygen atoms in total. The number of ether oxygens (including phenoxy) is 2. The molecule has 0 aliphatic carbocycles. The molecule has 2 heterocycles. The summed E-state index contributed by atoms with van der Waals surface area (Å²) in [6.45, 7) is 3.10. The number of methoxy groups -OCH3 is 1. The molecule has 1 aliphatic rings. The van der Waals surface area contributed by atoms with Crippen LogP contribution in [0.15, 0.2) is 42.5 Å². The molecule has 1 aromatic heterocycles. The van der Waals surface area contributed by atoms with E-state index in [-0.39, 0.29) is 24.1 Å². The van der Waals surface area contributed by atoms with Gasteiger partial charge < -0.3 is 19.7 Å². The second kappa shape index (κ2) is 11.3. The van der Waals surface area contributed by atoms with E-state index in [2.05, 4.69) is 20.4 Å². The number of halogens is 2. The van der Waals surface area contributed by atoms with Gasteiger partial charge in [-0.25, -0.2) is 4.39 Å². The van der Waals surface area contributed by atoms with E-state index in [0.29, 0.717) is 43.0 Å². The fourth-order valence-corrected chi connectivity index (χ4v) is 3.74. The molecule has 3 aromatic rings. The van der Waals surface area contributed by atoms with Gasteiger partial charge in [0.15, 0.2) is 5.82 Å². The van der Waals surface area contributed by atoms with E-state index < -0.39 is 0 Å². The molecule has 2 aromatic carbocycles. The molecular weight excluding hydrogens is 463 g/mol. The van der Waals surface area contributed by atoms with E-state index in [0.717, 1.165) is 24.3 Å². The lowest BCUT2D eigenvalue weighted by Crippen LogP contribution is -2.41. The number of benzene rings is 2. The van der Waals surface area contributed by atoms with Crippen molar-refractivity contribution in [1.82, 2.24) is 19.7 Å². The number of morpholine rings is 1. The first kappa shape index (κ1) is 25.4. The maximum atomic E-state index is 13.3. The molecule has 0 spiro atoms. The summed E-state index contributed by atoms with van der Waals surface area (Å²) >= 11 is 0. The third-order valence-corrected chi connectivity index (χ3v) is 5.56. The van der Waals surface area contributed by atoms with Crippen molar-refractivity contribution in [2.45, 2.75) is 0 Å². The highest BCUT2D eigenvalue weighted by Crippen LogP contribution is 2.33. The van der Waals surface area contributed by atoms with Crippen molar-refractivity contribution in [3.8, 4) is 17.1 Å². The molecule has 1 fully saturated rings. The van der Waals surface area contributed by atoms with Gasteiger partial charge in [0.1, 0.15) is 11.6 Å². The number of amides is 1. The smallest absolute Gasteiger partial charge is 0.238 e. The number of carbonyl (C=O) groups excluding carboxylic acids is 1. The fourth-order valence-electron chi connectivity index (χ4n) is 3.74. The number of anilines is 3. The van der Waals surface area contributed by atoms with Crippen LogP contribution in [0.5, 0.6) is 5.75 Å². The molecule has 4 rings (SSSR count). The Labute approximate surface area is 203 Å². The van der Waals surface area contributed by atoms with Gasteiger partial charge in [0.25, 0.3) is 0 Å². The highest BCUT2D eigenvalue weighted by molar-refractivity contribution is 5.93. The average molecular weight is 491 g/mol. The van der Waals surface area contributed by atoms with E-state index in [9.17, 15) is 9.18 Å². The van der Waals surface area contributed by atoms with Crippen LogP contribution in [0.2, 0.25) is 0 Å². The van der Waals surface area contributed by atoms with Gasteiger partial charge in [-0.3, -0.25) is 14.3 Å². The first-order valence-electron chi connectivity index (χ1n) is 10.6. The lowest BCUT2D eigenvalue weighted by molar-refractivity contribution is -0.118. The number of nitrogens with zero attached hydrogens (tertiary/aromatic N) is 5. The van der Waals surface area contributed by atoms with E-state index in [1.807, 2.05) is 35.7 Å². The number of carbonyl (C=O) groups is 1. The van der Waals surface area contributed by atoms with Crippen LogP contribution >= 0.6 is 12.4 Å². The Morgan fingerprint density at radius 1 is 1.18 bits per heavy atom. The molecule has 34 heavy (non-hydrogen) atoms. The van der Waals surface area contributed by atoms with Gasteiger partial charge >= 0.3 is 0 Å². The van der Waals surface area contributed by atoms with Gasteiger partial charge in [0.2, 0.25) is 11.9 Å². The molecule has 0 saturated carbocycles. The van der Waals surface area contributed by atoms with Crippen LogP contribution in [-0.4, -0.2) is 72.6 Å². The lowest BCUT2D eigenvalue weighted by Gasteiger charge is -2.25. The second-order valence-corrected chi connectivity index (χ2v) is 7.77. The lowest BCUT2D eigenvalue weighted by atomic mass is 10.1. The molecule has 1 amide bonds. The van der Waals surface area contributed by atoms with Crippen LogP contribution < -0.4 is 15.0 Å². The van der Waals surface area contributed by atoms with E-state index >= 15 is 0 Å². The largest absolute Gasteiger partial charge is 0.496 e. The number of nitrogens with one attached hydrogen (secondary N) is 1. The van der Waals surface area contributed by atoms with Crippen molar-refractivity contribution in [3.63, 3.8) is 0 Å². The summed E-state index contributed by atoms with van der Waals surface area (Å²) in [5.74, 6) is 1.36. The number of hydrogen-bond acceptors (Lipinski definition) is 7. The Hall–Kier alpha value is -3.21. The van der Waals surface area contributed by atoms with Crippen molar-refractivity contribution in [1.29, 1.82) is 0 Å². The minimum Gasteiger partial charge on any atom is -0.496 e. The van der Waals surface area contributed by atoms with Crippen molar-refractivity contribution in [2.75, 3.05) is 57.2 Å². The summed E-state index contributed by atoms with van der Waals surface area (Å²) in [4.78, 5) is 16.3. The summed E-state index contributed by atoms with van der Waals surface area (Å²) in [5, 5.41) is 11.6. The number of rotatable bonds is 7. The molecule has 1 N–H and O–H groups in total. The Morgan fingerprint density at radius 3 is 2.56 bits per heavy atom. The van der Waals surface area contributed by atoms with Crippen molar-refractivity contribution in [3.05, 3.63) is 48.3 Å². The van der Waals surface area contributed by atoms with Crippen molar-refractivity contribution < 1.29 is 18.7 Å². The maximum absolute atomic E-state index is 13.3. The molecular formula is C23H28ClFN6O3. The zero-order valence-electron chi connectivity index (χ0n) is 19.3. The highest BCUT2D eigenvalue weighted by Gasteiger charge is 2.19. The molecule has 1 aliphatic heterocycles. The SMILES string of the molecule is COc1cc(NC(=O)CN2CCOCC2)ccc1-c1nnc(N(C)c2ccc(F)cc2)n1C.Cl.